The number of halogens is 2. The average molecular weight is 533 g/mol. The molecule has 0 aliphatic carbocycles. The van der Waals surface area contributed by atoms with Gasteiger partial charge in [0.25, 0.3) is 0 Å². The van der Waals surface area contributed by atoms with Crippen LogP contribution in [0.1, 0.15) is 65.7 Å². The van der Waals surface area contributed by atoms with Gasteiger partial charge in [-0.15, -0.1) is 0 Å². The topological polar surface area (TPSA) is 55.8 Å². The molecule has 1 aliphatic rings. The van der Waals surface area contributed by atoms with Crippen LogP contribution in [-0.2, 0) is 26.5 Å². The Labute approximate surface area is 217 Å². The van der Waals surface area contributed by atoms with Crippen molar-refractivity contribution in [1.29, 1.82) is 0 Å². The van der Waals surface area contributed by atoms with Crippen LogP contribution >= 0.6 is 30.8 Å². The Morgan fingerprint density at radius 1 is 1.06 bits per heavy atom. The molecule has 186 valence electrons. The van der Waals surface area contributed by atoms with E-state index in [1.807, 2.05) is 63.2 Å². The van der Waals surface area contributed by atoms with E-state index in [0.717, 1.165) is 33.4 Å². The Morgan fingerprint density at radius 3 is 2.49 bits per heavy atom. The molecule has 0 unspecified atom stereocenters. The first-order chi connectivity index (χ1) is 16.6. The second-order valence-electron chi connectivity index (χ2n) is 9.48. The zero-order valence-corrected chi connectivity index (χ0v) is 22.7. The lowest BCUT2D eigenvalue weighted by Gasteiger charge is -2.30. The van der Waals surface area contributed by atoms with Crippen LogP contribution in [0.5, 0.6) is 5.75 Å². The number of hydrogen-bond acceptors (Lipinski definition) is 4. The van der Waals surface area contributed by atoms with Gasteiger partial charge < -0.3 is 14.2 Å². The highest BCUT2D eigenvalue weighted by molar-refractivity contribution is 7.53. The van der Waals surface area contributed by atoms with Gasteiger partial charge in [0.15, 0.2) is 0 Å². The Balaban J connectivity index is 1.45. The van der Waals surface area contributed by atoms with E-state index in [-0.39, 0.29) is 18.2 Å². The van der Waals surface area contributed by atoms with Crippen molar-refractivity contribution in [3.05, 3.63) is 98.0 Å². The number of phenols is 1. The van der Waals surface area contributed by atoms with Crippen molar-refractivity contribution < 1.29 is 18.7 Å². The van der Waals surface area contributed by atoms with E-state index in [4.69, 9.17) is 32.2 Å². The molecule has 3 aromatic rings. The summed E-state index contributed by atoms with van der Waals surface area (Å²) in [6.45, 7) is 6.52. The zero-order chi connectivity index (χ0) is 25.2. The minimum atomic E-state index is -3.24. The summed E-state index contributed by atoms with van der Waals surface area (Å²) >= 11 is 13.3. The van der Waals surface area contributed by atoms with Gasteiger partial charge in [0.05, 0.1) is 18.9 Å². The summed E-state index contributed by atoms with van der Waals surface area (Å²) in [4.78, 5) is 0. The largest absolute Gasteiger partial charge is 0.508 e. The van der Waals surface area contributed by atoms with E-state index < -0.39 is 7.60 Å². The molecule has 1 saturated heterocycles. The number of aromatic hydroxyl groups is 1. The SMILES string of the molecule is Cc1cccc([C@@H]2CCO[P@](=O)(CCc3cc(Cl)c(Cc4ccc(O)c(C(C)C)c4)c(Cl)c3)O2)c1. The maximum Gasteiger partial charge on any atom is 0.331 e. The summed E-state index contributed by atoms with van der Waals surface area (Å²) in [5.74, 6) is 0.503. The maximum atomic E-state index is 13.3. The van der Waals surface area contributed by atoms with Crippen molar-refractivity contribution >= 4 is 30.8 Å². The van der Waals surface area contributed by atoms with E-state index in [2.05, 4.69) is 6.07 Å². The summed E-state index contributed by atoms with van der Waals surface area (Å²) in [6.07, 6.45) is 1.74. The average Bonchev–Trinajstić information content (AvgIpc) is 2.81. The predicted molar refractivity (Wildman–Crippen MR) is 143 cm³/mol. The van der Waals surface area contributed by atoms with Crippen molar-refractivity contribution in [3.8, 4) is 5.75 Å². The maximum absolute atomic E-state index is 13.3. The predicted octanol–water partition coefficient (Wildman–Crippen LogP) is 8.64. The molecule has 7 heteroatoms. The highest BCUT2D eigenvalue weighted by Gasteiger charge is 2.34. The van der Waals surface area contributed by atoms with Crippen LogP contribution in [0.2, 0.25) is 10.0 Å². The van der Waals surface area contributed by atoms with Gasteiger partial charge in [-0.05, 0) is 65.3 Å². The first kappa shape index (κ1) is 26.3. The van der Waals surface area contributed by atoms with Crippen molar-refractivity contribution in [1.82, 2.24) is 0 Å². The normalized spacial score (nSPS) is 20.3. The van der Waals surface area contributed by atoms with Crippen LogP contribution < -0.4 is 0 Å². The quantitative estimate of drug-likeness (QED) is 0.309. The molecular formula is C28H31Cl2O4P. The van der Waals surface area contributed by atoms with Crippen LogP contribution in [0, 0.1) is 6.92 Å². The third-order valence-corrected chi connectivity index (χ3v) is 8.94. The lowest BCUT2D eigenvalue weighted by atomic mass is 9.96. The molecule has 1 aliphatic heterocycles. The molecule has 35 heavy (non-hydrogen) atoms. The highest BCUT2D eigenvalue weighted by Crippen LogP contribution is 2.56. The minimum absolute atomic E-state index is 0.209. The van der Waals surface area contributed by atoms with Gasteiger partial charge in [-0.25, -0.2) is 0 Å². The van der Waals surface area contributed by atoms with Crippen LogP contribution in [0.25, 0.3) is 0 Å². The fraction of sp³-hybridized carbons (Fsp3) is 0.357. The number of phenolic OH excluding ortho intramolecular Hbond substituents is 1. The number of hydrogen-bond donors (Lipinski definition) is 1. The number of rotatable bonds is 7. The molecule has 0 radical (unpaired) electrons. The standard InChI is InChI=1S/C28H31Cl2O4P/c1-18(2)23-14-20(7-8-27(23)31)15-24-25(29)16-21(17-26(24)30)10-12-35(32)33-11-9-28(34-35)22-6-4-5-19(3)13-22/h4-8,13-14,16-18,28,31H,9-12,15H2,1-3H3/t28-,35+/m0/s1. The molecular weight excluding hydrogens is 502 g/mol. The van der Waals surface area contributed by atoms with Gasteiger partial charge in [0.2, 0.25) is 0 Å². The van der Waals surface area contributed by atoms with Gasteiger partial charge in [0, 0.05) is 22.9 Å². The minimum Gasteiger partial charge on any atom is -0.508 e. The first-order valence-electron chi connectivity index (χ1n) is 11.9. The van der Waals surface area contributed by atoms with Gasteiger partial charge in [-0.3, -0.25) is 4.57 Å². The summed E-state index contributed by atoms with van der Waals surface area (Å²) in [6, 6.07) is 17.4. The molecule has 1 heterocycles. The molecule has 1 fully saturated rings. The lowest BCUT2D eigenvalue weighted by molar-refractivity contribution is 0.0814. The molecule has 0 amide bonds. The smallest absolute Gasteiger partial charge is 0.331 e. The highest BCUT2D eigenvalue weighted by atomic mass is 35.5. The second-order valence-corrected chi connectivity index (χ2v) is 12.4. The Bertz CT molecular complexity index is 1230. The Hall–Kier alpha value is -1.81. The lowest BCUT2D eigenvalue weighted by Crippen LogP contribution is -2.16. The molecule has 0 bridgehead atoms. The summed E-state index contributed by atoms with van der Waals surface area (Å²) in [5.41, 5.74) is 5.81. The van der Waals surface area contributed by atoms with Gasteiger partial charge >= 0.3 is 7.60 Å². The van der Waals surface area contributed by atoms with E-state index >= 15 is 0 Å². The second kappa shape index (κ2) is 11.1. The van der Waals surface area contributed by atoms with E-state index in [1.54, 1.807) is 6.07 Å². The Morgan fingerprint density at radius 2 is 1.80 bits per heavy atom. The van der Waals surface area contributed by atoms with Crippen molar-refractivity contribution in [3.63, 3.8) is 0 Å². The molecule has 0 saturated carbocycles. The van der Waals surface area contributed by atoms with Crippen LogP contribution in [0.15, 0.2) is 54.6 Å². The molecule has 0 spiro atoms. The molecule has 3 aromatic carbocycles. The third-order valence-electron chi connectivity index (χ3n) is 6.34. The summed E-state index contributed by atoms with van der Waals surface area (Å²) in [5, 5.41) is 11.2. The van der Waals surface area contributed by atoms with Crippen LogP contribution in [0.4, 0.5) is 0 Å². The summed E-state index contributed by atoms with van der Waals surface area (Å²) in [7, 11) is -3.24. The van der Waals surface area contributed by atoms with Crippen molar-refractivity contribution in [2.75, 3.05) is 12.8 Å². The first-order valence-corrected chi connectivity index (χ1v) is 14.4. The van der Waals surface area contributed by atoms with Crippen LogP contribution in [0.3, 0.4) is 0 Å². The fourth-order valence-corrected chi connectivity index (χ4v) is 6.90. The molecule has 1 N–H and O–H groups in total. The molecule has 2 atom stereocenters. The van der Waals surface area contributed by atoms with Gasteiger partial charge in [-0.1, -0.05) is 79.0 Å². The summed E-state index contributed by atoms with van der Waals surface area (Å²) < 4.78 is 24.9. The molecule has 4 nitrogen and oxygen atoms in total. The number of benzene rings is 3. The number of aryl methyl sites for hydroxylation is 2. The van der Waals surface area contributed by atoms with Crippen molar-refractivity contribution in [2.24, 2.45) is 0 Å². The van der Waals surface area contributed by atoms with E-state index in [0.29, 0.717) is 41.7 Å². The molecule has 0 aromatic heterocycles. The monoisotopic (exact) mass is 532 g/mol. The zero-order valence-electron chi connectivity index (χ0n) is 20.3. The fourth-order valence-electron chi connectivity index (χ4n) is 4.41. The van der Waals surface area contributed by atoms with E-state index in [1.165, 1.54) is 0 Å². The molecule has 4 rings (SSSR count). The van der Waals surface area contributed by atoms with Crippen LogP contribution in [-0.4, -0.2) is 17.9 Å². The van der Waals surface area contributed by atoms with Gasteiger partial charge in [0.1, 0.15) is 5.75 Å². The Kier molecular flexibility index (Phi) is 8.30. The van der Waals surface area contributed by atoms with E-state index in [9.17, 15) is 9.67 Å². The third kappa shape index (κ3) is 6.50. The van der Waals surface area contributed by atoms with Gasteiger partial charge in [-0.2, -0.15) is 0 Å². The van der Waals surface area contributed by atoms with Crippen molar-refractivity contribution in [2.45, 2.75) is 52.1 Å².